The monoisotopic (exact) mass is 437 g/mol. The molecule has 3 atom stereocenters. The predicted molar refractivity (Wildman–Crippen MR) is 109 cm³/mol. The Bertz CT molecular complexity index is 923. The lowest BCUT2D eigenvalue weighted by molar-refractivity contribution is -0.149. The van der Waals surface area contributed by atoms with Gasteiger partial charge in [-0.3, -0.25) is 4.79 Å². The number of benzene rings is 2. The van der Waals surface area contributed by atoms with Gasteiger partial charge in [-0.25, -0.2) is 0 Å². The zero-order chi connectivity index (χ0) is 20.5. The number of hydrogen-bond acceptors (Lipinski definition) is 4. The van der Waals surface area contributed by atoms with E-state index >= 15 is 0 Å². The normalized spacial score (nSPS) is 23.4. The van der Waals surface area contributed by atoms with Gasteiger partial charge in [-0.2, -0.15) is 5.26 Å². The molecule has 7 heteroatoms. The van der Waals surface area contributed by atoms with Gasteiger partial charge in [0.25, 0.3) is 0 Å². The Morgan fingerprint density at radius 1 is 1.21 bits per heavy atom. The fourth-order valence-electron chi connectivity index (χ4n) is 3.26. The molecule has 0 saturated heterocycles. The van der Waals surface area contributed by atoms with E-state index < -0.39 is 28.3 Å². The molecule has 0 N–H and O–H groups in total. The van der Waals surface area contributed by atoms with E-state index in [0.29, 0.717) is 22.1 Å². The first-order valence-corrected chi connectivity index (χ1v) is 9.90. The van der Waals surface area contributed by atoms with E-state index in [1.165, 1.54) is 0 Å². The number of carbonyl (C=O) groups is 1. The fourth-order valence-corrected chi connectivity index (χ4v) is 4.31. The Hall–Kier alpha value is -1.93. The van der Waals surface area contributed by atoms with Crippen molar-refractivity contribution in [1.82, 2.24) is 0 Å². The second kappa shape index (κ2) is 7.83. The first-order valence-electron chi connectivity index (χ1n) is 8.61. The van der Waals surface area contributed by atoms with Crippen molar-refractivity contribution in [2.75, 3.05) is 5.88 Å². The zero-order valence-electron chi connectivity index (χ0n) is 15.3. The van der Waals surface area contributed by atoms with Gasteiger partial charge in [-0.15, -0.1) is 23.2 Å². The van der Waals surface area contributed by atoms with Crippen molar-refractivity contribution in [1.29, 1.82) is 5.26 Å². The van der Waals surface area contributed by atoms with Crippen molar-refractivity contribution in [2.24, 2.45) is 11.3 Å². The maximum Gasteiger partial charge on any atom is 0.313 e. The SMILES string of the molecule is CC1(C)C(C(=O)OC(C#N)c2cccc(Oc3ccc(Cl)cc3)c2)C1(Cl)CCl. The lowest BCUT2D eigenvalue weighted by atomic mass is 10.1. The number of nitriles is 1. The minimum Gasteiger partial charge on any atom is -0.457 e. The van der Waals surface area contributed by atoms with Gasteiger partial charge >= 0.3 is 5.97 Å². The third-order valence-electron chi connectivity index (χ3n) is 5.16. The molecule has 0 radical (unpaired) electrons. The highest BCUT2D eigenvalue weighted by Crippen LogP contribution is 2.67. The van der Waals surface area contributed by atoms with Crippen molar-refractivity contribution < 1.29 is 14.3 Å². The average molecular weight is 439 g/mol. The highest BCUT2D eigenvalue weighted by atomic mass is 35.5. The van der Waals surface area contributed by atoms with Crippen LogP contribution < -0.4 is 4.74 Å². The quantitative estimate of drug-likeness (QED) is 0.403. The number of alkyl halides is 2. The molecule has 28 heavy (non-hydrogen) atoms. The number of nitrogens with zero attached hydrogens (tertiary/aromatic N) is 1. The molecule has 2 aromatic rings. The van der Waals surface area contributed by atoms with Crippen molar-refractivity contribution in [3.05, 3.63) is 59.1 Å². The third kappa shape index (κ3) is 3.80. The minimum absolute atomic E-state index is 0.128. The molecule has 0 bridgehead atoms. The first kappa shape index (κ1) is 20.8. The van der Waals surface area contributed by atoms with Gasteiger partial charge in [0.05, 0.1) is 10.8 Å². The van der Waals surface area contributed by atoms with Crippen LogP contribution in [0, 0.1) is 22.7 Å². The summed E-state index contributed by atoms with van der Waals surface area (Å²) in [5.74, 6) is 0.138. The van der Waals surface area contributed by atoms with Gasteiger partial charge in [-0.05, 0) is 36.4 Å². The number of esters is 1. The van der Waals surface area contributed by atoms with E-state index in [4.69, 9.17) is 44.3 Å². The van der Waals surface area contributed by atoms with Gasteiger partial charge in [0.2, 0.25) is 6.10 Å². The molecule has 0 spiro atoms. The van der Waals surface area contributed by atoms with Gasteiger partial charge in [0.1, 0.15) is 17.6 Å². The Balaban J connectivity index is 1.74. The van der Waals surface area contributed by atoms with Crippen molar-refractivity contribution in [2.45, 2.75) is 24.8 Å². The van der Waals surface area contributed by atoms with Crippen molar-refractivity contribution in [3.63, 3.8) is 0 Å². The number of halogens is 3. The Labute approximate surface area is 178 Å². The number of rotatable bonds is 6. The van der Waals surface area contributed by atoms with Crippen LogP contribution in [0.25, 0.3) is 0 Å². The van der Waals surface area contributed by atoms with E-state index in [1.807, 2.05) is 19.9 Å². The second-order valence-electron chi connectivity index (χ2n) is 7.23. The average Bonchev–Trinajstić information content (AvgIpc) is 3.14. The van der Waals surface area contributed by atoms with Crippen LogP contribution in [-0.4, -0.2) is 16.7 Å². The molecule has 0 aromatic heterocycles. The van der Waals surface area contributed by atoms with E-state index in [1.54, 1.807) is 48.5 Å². The molecule has 1 fully saturated rings. The lowest BCUT2D eigenvalue weighted by Gasteiger charge is -2.14. The molecular weight excluding hydrogens is 421 g/mol. The molecule has 3 unspecified atom stereocenters. The number of hydrogen-bond donors (Lipinski definition) is 0. The maximum atomic E-state index is 12.6. The number of carbonyl (C=O) groups excluding carboxylic acids is 1. The Morgan fingerprint density at radius 2 is 1.89 bits per heavy atom. The van der Waals surface area contributed by atoms with E-state index in [-0.39, 0.29) is 5.88 Å². The minimum atomic E-state index is -1.08. The largest absolute Gasteiger partial charge is 0.457 e. The molecule has 2 aromatic carbocycles. The molecule has 146 valence electrons. The predicted octanol–water partition coefficient (Wildman–Crippen LogP) is 6.11. The molecule has 3 rings (SSSR count). The van der Waals surface area contributed by atoms with Crippen LogP contribution in [0.4, 0.5) is 0 Å². The summed E-state index contributed by atoms with van der Waals surface area (Å²) in [6.45, 7) is 3.71. The van der Waals surface area contributed by atoms with Crippen LogP contribution in [-0.2, 0) is 9.53 Å². The first-order chi connectivity index (χ1) is 13.2. The Kier molecular flexibility index (Phi) is 5.82. The summed E-state index contributed by atoms with van der Waals surface area (Å²) in [6, 6.07) is 15.7. The summed E-state index contributed by atoms with van der Waals surface area (Å²) >= 11 is 18.2. The van der Waals surface area contributed by atoms with E-state index in [9.17, 15) is 10.1 Å². The molecule has 0 amide bonds. The van der Waals surface area contributed by atoms with Gasteiger partial charge in [0.15, 0.2) is 0 Å². The Morgan fingerprint density at radius 3 is 2.46 bits per heavy atom. The molecule has 0 heterocycles. The van der Waals surface area contributed by atoms with Gasteiger partial charge in [-0.1, -0.05) is 37.6 Å². The molecular formula is C21H18Cl3NO3. The molecule has 1 aliphatic rings. The van der Waals surface area contributed by atoms with Crippen LogP contribution in [0.15, 0.2) is 48.5 Å². The smallest absolute Gasteiger partial charge is 0.313 e. The van der Waals surface area contributed by atoms with Crippen LogP contribution in [0.5, 0.6) is 11.5 Å². The van der Waals surface area contributed by atoms with Crippen LogP contribution in [0.3, 0.4) is 0 Å². The van der Waals surface area contributed by atoms with Crippen LogP contribution >= 0.6 is 34.8 Å². The lowest BCUT2D eigenvalue weighted by Crippen LogP contribution is -2.17. The summed E-state index contributed by atoms with van der Waals surface area (Å²) in [6.07, 6.45) is -1.08. The number of ether oxygens (including phenoxy) is 2. The second-order valence-corrected chi connectivity index (χ2v) is 8.60. The molecule has 1 saturated carbocycles. The summed E-state index contributed by atoms with van der Waals surface area (Å²) in [5.41, 5.74) is 0.0132. The van der Waals surface area contributed by atoms with E-state index in [2.05, 4.69) is 0 Å². The highest BCUT2D eigenvalue weighted by molar-refractivity contribution is 6.35. The van der Waals surface area contributed by atoms with Crippen LogP contribution in [0.1, 0.15) is 25.5 Å². The van der Waals surface area contributed by atoms with Crippen molar-refractivity contribution >= 4 is 40.8 Å². The standard InChI is InChI=1S/C21H18Cl3NO3/c1-20(2)18(21(20,24)12-22)19(26)28-17(11-25)13-4-3-5-16(10-13)27-15-8-6-14(23)7-9-15/h3-10,17-18H,12H2,1-2H3. The third-order valence-corrected chi connectivity index (χ3v) is 6.81. The molecule has 0 aliphatic heterocycles. The fraction of sp³-hybridized carbons (Fsp3) is 0.333. The van der Waals surface area contributed by atoms with Gasteiger partial charge in [0, 0.05) is 21.9 Å². The topological polar surface area (TPSA) is 59.3 Å². The summed E-state index contributed by atoms with van der Waals surface area (Å²) < 4.78 is 11.2. The van der Waals surface area contributed by atoms with Crippen molar-refractivity contribution in [3.8, 4) is 17.6 Å². The maximum absolute atomic E-state index is 12.6. The molecule has 4 nitrogen and oxygen atoms in total. The van der Waals surface area contributed by atoms with Crippen LogP contribution in [0.2, 0.25) is 5.02 Å². The van der Waals surface area contributed by atoms with Gasteiger partial charge < -0.3 is 9.47 Å². The highest BCUT2D eigenvalue weighted by Gasteiger charge is 2.74. The zero-order valence-corrected chi connectivity index (χ0v) is 17.6. The summed E-state index contributed by atoms with van der Waals surface area (Å²) in [5, 5.41) is 10.1. The summed E-state index contributed by atoms with van der Waals surface area (Å²) in [7, 11) is 0. The van der Waals surface area contributed by atoms with E-state index in [0.717, 1.165) is 0 Å². The molecule has 1 aliphatic carbocycles. The summed E-state index contributed by atoms with van der Waals surface area (Å²) in [4.78, 5) is 11.7.